The molecule has 0 unspecified atom stereocenters. The van der Waals surface area contributed by atoms with Gasteiger partial charge >= 0.3 is 6.03 Å². The van der Waals surface area contributed by atoms with Gasteiger partial charge in [-0.3, -0.25) is 10.1 Å². The van der Waals surface area contributed by atoms with Crippen molar-refractivity contribution in [2.45, 2.75) is 57.5 Å². The molecule has 1 fully saturated rings. The van der Waals surface area contributed by atoms with Crippen molar-refractivity contribution >= 4 is 11.9 Å². The van der Waals surface area contributed by atoms with Gasteiger partial charge in [-0.15, -0.1) is 0 Å². The molecule has 126 valence electrons. The Kier molecular flexibility index (Phi) is 7.07. The Balaban J connectivity index is 2.08. The van der Waals surface area contributed by atoms with E-state index in [0.29, 0.717) is 12.6 Å². The fourth-order valence-electron chi connectivity index (χ4n) is 3.18. The number of quaternary nitrogens is 1. The average Bonchev–Trinajstić information content (AvgIpc) is 2.82. The molecule has 5 nitrogen and oxygen atoms in total. The van der Waals surface area contributed by atoms with Gasteiger partial charge in [-0.2, -0.15) is 0 Å². The Labute approximate surface area is 138 Å². The van der Waals surface area contributed by atoms with Crippen LogP contribution in [0.1, 0.15) is 57.1 Å². The monoisotopic (exact) mass is 318 g/mol. The van der Waals surface area contributed by atoms with Crippen LogP contribution in [0.5, 0.6) is 0 Å². The summed E-state index contributed by atoms with van der Waals surface area (Å²) in [4.78, 5) is 24.3. The molecule has 1 aromatic rings. The summed E-state index contributed by atoms with van der Waals surface area (Å²) in [5.41, 5.74) is 0.943. The van der Waals surface area contributed by atoms with Gasteiger partial charge in [0.05, 0.1) is 6.04 Å². The van der Waals surface area contributed by atoms with Crippen LogP contribution in [0.3, 0.4) is 0 Å². The molecule has 0 saturated heterocycles. The van der Waals surface area contributed by atoms with E-state index >= 15 is 0 Å². The number of nitrogens with one attached hydrogen (secondary N) is 2. The number of benzene rings is 1. The molecule has 1 aliphatic carbocycles. The molecule has 0 spiro atoms. The van der Waals surface area contributed by atoms with Gasteiger partial charge in [0.2, 0.25) is 0 Å². The average molecular weight is 318 g/mol. The third-order valence-electron chi connectivity index (χ3n) is 4.38. The second-order valence-electron chi connectivity index (χ2n) is 6.18. The summed E-state index contributed by atoms with van der Waals surface area (Å²) in [5.74, 6) is -0.244. The zero-order valence-corrected chi connectivity index (χ0v) is 13.9. The molecule has 0 aliphatic heterocycles. The Morgan fingerprint density at radius 1 is 1.13 bits per heavy atom. The van der Waals surface area contributed by atoms with Gasteiger partial charge in [0.1, 0.15) is 0 Å². The lowest BCUT2D eigenvalue weighted by atomic mass is 10.0. The van der Waals surface area contributed by atoms with Gasteiger partial charge in [0.25, 0.3) is 5.91 Å². The summed E-state index contributed by atoms with van der Waals surface area (Å²) in [6, 6.07) is 9.36. The van der Waals surface area contributed by atoms with E-state index < -0.39 is 6.03 Å². The molecule has 1 aliphatic rings. The fraction of sp³-hybridized carbons (Fsp3) is 0.556. The number of carbonyl (C=O) groups excluding carboxylic acids is 2. The predicted octanol–water partition coefficient (Wildman–Crippen LogP) is 1.86. The highest BCUT2D eigenvalue weighted by molar-refractivity contribution is 5.96. The first-order valence-corrected chi connectivity index (χ1v) is 8.69. The minimum atomic E-state index is -0.423. The highest BCUT2D eigenvalue weighted by Gasteiger charge is 2.29. The molecule has 4 N–H and O–H groups in total. The second kappa shape index (κ2) is 9.30. The highest BCUT2D eigenvalue weighted by Crippen LogP contribution is 2.17. The first-order valence-electron chi connectivity index (χ1n) is 8.69. The van der Waals surface area contributed by atoms with Gasteiger partial charge < -0.3 is 10.6 Å². The lowest BCUT2D eigenvalue weighted by molar-refractivity contribution is -0.716. The molecule has 1 saturated carbocycles. The lowest BCUT2D eigenvalue weighted by Gasteiger charge is -2.21. The van der Waals surface area contributed by atoms with Crippen molar-refractivity contribution in [2.75, 3.05) is 6.54 Å². The Morgan fingerprint density at radius 2 is 1.78 bits per heavy atom. The van der Waals surface area contributed by atoms with Crippen molar-refractivity contribution in [1.82, 2.24) is 10.6 Å². The number of hydrogen-bond acceptors (Lipinski definition) is 2. The smallest absolute Gasteiger partial charge is 0.321 e. The maximum Gasteiger partial charge on any atom is 0.321 e. The van der Waals surface area contributed by atoms with Gasteiger partial charge in [-0.25, -0.2) is 4.79 Å². The second-order valence-corrected chi connectivity index (χ2v) is 6.18. The third-order valence-corrected chi connectivity index (χ3v) is 4.38. The van der Waals surface area contributed by atoms with E-state index in [1.165, 1.54) is 25.7 Å². The number of amides is 3. The number of nitrogens with two attached hydrogens (primary N) is 1. The van der Waals surface area contributed by atoms with Crippen LogP contribution < -0.4 is 16.0 Å². The SMILES string of the molecule is CCNC(=O)NC(=O)[C@H]([NH2+]C1CCCCCC1)c1ccccc1. The van der Waals surface area contributed by atoms with Crippen LogP contribution in [-0.2, 0) is 4.79 Å². The lowest BCUT2D eigenvalue weighted by Crippen LogP contribution is -2.92. The van der Waals surface area contributed by atoms with E-state index in [1.54, 1.807) is 0 Å². The van der Waals surface area contributed by atoms with Gasteiger partial charge in [0, 0.05) is 12.1 Å². The van der Waals surface area contributed by atoms with E-state index in [-0.39, 0.29) is 11.9 Å². The number of urea groups is 1. The van der Waals surface area contributed by atoms with Crippen LogP contribution in [0.2, 0.25) is 0 Å². The van der Waals surface area contributed by atoms with E-state index in [9.17, 15) is 9.59 Å². The maximum atomic E-state index is 12.6. The number of hydrogen-bond donors (Lipinski definition) is 3. The molecule has 2 rings (SSSR count). The van der Waals surface area contributed by atoms with E-state index in [2.05, 4.69) is 16.0 Å². The third kappa shape index (κ3) is 5.67. The Hall–Kier alpha value is -1.88. The van der Waals surface area contributed by atoms with Crippen LogP contribution in [0.15, 0.2) is 30.3 Å². The zero-order valence-electron chi connectivity index (χ0n) is 13.9. The molecule has 0 radical (unpaired) electrons. The van der Waals surface area contributed by atoms with E-state index in [1.807, 2.05) is 37.3 Å². The quantitative estimate of drug-likeness (QED) is 0.725. The van der Waals surface area contributed by atoms with Crippen LogP contribution in [0.4, 0.5) is 4.79 Å². The van der Waals surface area contributed by atoms with Crippen LogP contribution in [0.25, 0.3) is 0 Å². The molecule has 5 heteroatoms. The minimum absolute atomic E-state index is 0.244. The predicted molar refractivity (Wildman–Crippen MR) is 89.8 cm³/mol. The molecule has 0 bridgehead atoms. The largest absolute Gasteiger partial charge is 0.338 e. The molecular weight excluding hydrogens is 290 g/mol. The van der Waals surface area contributed by atoms with Crippen molar-refractivity contribution < 1.29 is 14.9 Å². The summed E-state index contributed by atoms with van der Waals surface area (Å²) in [6.45, 7) is 2.33. The number of imide groups is 1. The highest BCUT2D eigenvalue weighted by atomic mass is 16.2. The maximum absolute atomic E-state index is 12.6. The van der Waals surface area contributed by atoms with Crippen LogP contribution >= 0.6 is 0 Å². The summed E-state index contributed by atoms with van der Waals surface area (Å²) < 4.78 is 0. The summed E-state index contributed by atoms with van der Waals surface area (Å²) >= 11 is 0. The molecular formula is C18H28N3O2+. The Bertz CT molecular complexity index is 496. The summed E-state index contributed by atoms with van der Waals surface area (Å²) in [5, 5.41) is 7.22. The molecule has 0 aromatic heterocycles. The standard InChI is InChI=1S/C18H27N3O2/c1-2-19-18(23)21-17(22)16(14-10-6-5-7-11-14)20-15-12-8-3-4-9-13-15/h5-7,10-11,15-16,20H,2-4,8-9,12-13H2,1H3,(H2,19,21,22,23)/p+1/t16-/m1/s1. The van der Waals surface area contributed by atoms with Crippen molar-refractivity contribution in [1.29, 1.82) is 0 Å². The first kappa shape index (κ1) is 17.5. The van der Waals surface area contributed by atoms with Crippen molar-refractivity contribution in [3.8, 4) is 0 Å². The van der Waals surface area contributed by atoms with Gasteiger partial charge in [-0.05, 0) is 32.6 Å². The normalized spacial score (nSPS) is 17.1. The topological polar surface area (TPSA) is 74.8 Å². The first-order chi connectivity index (χ1) is 11.2. The molecule has 1 atom stereocenters. The number of carbonyl (C=O) groups is 2. The molecule has 0 heterocycles. The van der Waals surface area contributed by atoms with Gasteiger partial charge in [-0.1, -0.05) is 43.2 Å². The van der Waals surface area contributed by atoms with Crippen LogP contribution in [-0.4, -0.2) is 24.5 Å². The zero-order chi connectivity index (χ0) is 16.5. The summed E-state index contributed by atoms with van der Waals surface area (Å²) in [7, 11) is 0. The fourth-order valence-corrected chi connectivity index (χ4v) is 3.18. The van der Waals surface area contributed by atoms with E-state index in [4.69, 9.17) is 0 Å². The van der Waals surface area contributed by atoms with E-state index in [0.717, 1.165) is 18.4 Å². The summed E-state index contributed by atoms with van der Waals surface area (Å²) in [6.07, 6.45) is 7.29. The minimum Gasteiger partial charge on any atom is -0.338 e. The molecule has 23 heavy (non-hydrogen) atoms. The van der Waals surface area contributed by atoms with Crippen molar-refractivity contribution in [2.24, 2.45) is 0 Å². The Morgan fingerprint density at radius 3 is 2.39 bits per heavy atom. The van der Waals surface area contributed by atoms with Crippen LogP contribution in [0, 0.1) is 0 Å². The van der Waals surface area contributed by atoms with Crippen molar-refractivity contribution in [3.05, 3.63) is 35.9 Å². The van der Waals surface area contributed by atoms with Gasteiger partial charge in [0.15, 0.2) is 6.04 Å². The molecule has 3 amide bonds. The molecule has 1 aromatic carbocycles. The van der Waals surface area contributed by atoms with Crippen molar-refractivity contribution in [3.63, 3.8) is 0 Å². The number of rotatable bonds is 5.